The Morgan fingerprint density at radius 2 is 2.14 bits per heavy atom. The van der Waals surface area contributed by atoms with Crippen LogP contribution in [0.2, 0.25) is 10.0 Å². The Balaban J connectivity index is 1.75. The van der Waals surface area contributed by atoms with Gasteiger partial charge in [0.05, 0.1) is 16.1 Å². The molecule has 1 N–H and O–H groups in total. The summed E-state index contributed by atoms with van der Waals surface area (Å²) in [5.74, 6) is 0. The fraction of sp³-hybridized carbons (Fsp3) is 0.267. The smallest absolute Gasteiger partial charge is 0.317 e. The van der Waals surface area contributed by atoms with Crippen LogP contribution in [0.15, 0.2) is 29.6 Å². The van der Waals surface area contributed by atoms with Gasteiger partial charge in [0.25, 0.3) is 0 Å². The highest BCUT2D eigenvalue weighted by Crippen LogP contribution is 2.33. The summed E-state index contributed by atoms with van der Waals surface area (Å²) in [4.78, 5) is 15.7. The predicted octanol–water partition coefficient (Wildman–Crippen LogP) is 5.21. The predicted molar refractivity (Wildman–Crippen MR) is 88.6 cm³/mol. The zero-order valence-electron chi connectivity index (χ0n) is 11.4. The number of anilines is 1. The van der Waals surface area contributed by atoms with Crippen LogP contribution in [0.25, 0.3) is 0 Å². The van der Waals surface area contributed by atoms with Crippen LogP contribution in [0.5, 0.6) is 0 Å². The van der Waals surface area contributed by atoms with Gasteiger partial charge < -0.3 is 10.2 Å². The molecule has 2 aromatic rings. The first-order chi connectivity index (χ1) is 10.1. The molecule has 0 radical (unpaired) electrons. The van der Waals surface area contributed by atoms with Crippen molar-refractivity contribution >= 4 is 46.3 Å². The summed E-state index contributed by atoms with van der Waals surface area (Å²) >= 11 is 13.6. The van der Waals surface area contributed by atoms with Crippen molar-refractivity contribution < 1.29 is 4.79 Å². The minimum Gasteiger partial charge on any atom is -0.317 e. The molecule has 1 aromatic carbocycles. The largest absolute Gasteiger partial charge is 0.322 e. The van der Waals surface area contributed by atoms with E-state index in [9.17, 15) is 4.79 Å². The maximum atomic E-state index is 12.4. The van der Waals surface area contributed by atoms with Crippen molar-refractivity contribution in [2.24, 2.45) is 0 Å². The van der Waals surface area contributed by atoms with Crippen LogP contribution < -0.4 is 5.32 Å². The Bertz CT molecular complexity index is 686. The van der Waals surface area contributed by atoms with Crippen LogP contribution in [-0.2, 0) is 6.42 Å². The first kappa shape index (κ1) is 14.7. The van der Waals surface area contributed by atoms with E-state index in [1.165, 1.54) is 10.4 Å². The second-order valence-corrected chi connectivity index (χ2v) is 6.79. The summed E-state index contributed by atoms with van der Waals surface area (Å²) in [5.41, 5.74) is 1.90. The SMILES string of the molecule is C[C@@H]1c2ccsc2CCN1C(=O)Nc1ccc(Cl)c(Cl)c1. The number of thiophene rings is 1. The molecule has 2 amide bonds. The van der Waals surface area contributed by atoms with Crippen molar-refractivity contribution in [1.29, 1.82) is 0 Å². The number of benzene rings is 1. The summed E-state index contributed by atoms with van der Waals surface area (Å²) < 4.78 is 0. The van der Waals surface area contributed by atoms with Crippen molar-refractivity contribution in [3.05, 3.63) is 50.1 Å². The molecule has 0 spiro atoms. The topological polar surface area (TPSA) is 32.3 Å². The highest BCUT2D eigenvalue weighted by Gasteiger charge is 2.28. The number of carbonyl (C=O) groups is 1. The van der Waals surface area contributed by atoms with Crippen molar-refractivity contribution in [2.75, 3.05) is 11.9 Å². The lowest BCUT2D eigenvalue weighted by atomic mass is 10.0. The standard InChI is InChI=1S/C15H14Cl2N2OS/c1-9-11-5-7-21-14(11)4-6-19(9)15(20)18-10-2-3-12(16)13(17)8-10/h2-3,5,7-9H,4,6H2,1H3,(H,18,20)/t9-/m1/s1. The third kappa shape index (κ3) is 2.89. The van der Waals surface area contributed by atoms with Gasteiger partial charge in [0, 0.05) is 17.1 Å². The first-order valence-corrected chi connectivity index (χ1v) is 8.29. The van der Waals surface area contributed by atoms with Gasteiger partial charge in [-0.25, -0.2) is 4.79 Å². The van der Waals surface area contributed by atoms with Gasteiger partial charge in [-0.05, 0) is 48.6 Å². The van der Waals surface area contributed by atoms with E-state index in [0.29, 0.717) is 15.7 Å². The Kier molecular flexibility index (Phi) is 4.11. The molecule has 1 aromatic heterocycles. The van der Waals surface area contributed by atoms with Crippen LogP contribution in [0.1, 0.15) is 23.4 Å². The van der Waals surface area contributed by atoms with Crippen LogP contribution in [-0.4, -0.2) is 17.5 Å². The van der Waals surface area contributed by atoms with E-state index in [1.54, 1.807) is 29.5 Å². The van der Waals surface area contributed by atoms with Gasteiger partial charge in [-0.1, -0.05) is 23.2 Å². The minimum atomic E-state index is -0.113. The molecule has 0 aliphatic carbocycles. The molecule has 3 rings (SSSR count). The highest BCUT2D eigenvalue weighted by atomic mass is 35.5. The first-order valence-electron chi connectivity index (χ1n) is 6.65. The second-order valence-electron chi connectivity index (χ2n) is 4.98. The summed E-state index contributed by atoms with van der Waals surface area (Å²) in [7, 11) is 0. The van der Waals surface area contributed by atoms with Crippen LogP contribution in [0.3, 0.4) is 0 Å². The van der Waals surface area contributed by atoms with Gasteiger partial charge in [0.2, 0.25) is 0 Å². The molecule has 0 saturated carbocycles. The van der Waals surface area contributed by atoms with Crippen molar-refractivity contribution in [3.63, 3.8) is 0 Å². The summed E-state index contributed by atoms with van der Waals surface area (Å²) in [6.45, 7) is 2.78. The second kappa shape index (κ2) is 5.87. The Hall–Kier alpha value is -1.23. The maximum absolute atomic E-state index is 12.4. The zero-order valence-corrected chi connectivity index (χ0v) is 13.7. The summed E-state index contributed by atoms with van der Waals surface area (Å²) in [5, 5.41) is 5.87. The lowest BCUT2D eigenvalue weighted by molar-refractivity contribution is 0.189. The molecule has 1 aliphatic rings. The monoisotopic (exact) mass is 340 g/mol. The Morgan fingerprint density at radius 3 is 2.90 bits per heavy atom. The van der Waals surface area contributed by atoms with Gasteiger partial charge in [-0.3, -0.25) is 0 Å². The number of amides is 2. The average molecular weight is 341 g/mol. The van der Waals surface area contributed by atoms with Gasteiger partial charge in [-0.2, -0.15) is 0 Å². The van der Waals surface area contributed by atoms with Gasteiger partial charge in [-0.15, -0.1) is 11.3 Å². The van der Waals surface area contributed by atoms with E-state index in [-0.39, 0.29) is 12.1 Å². The summed E-state index contributed by atoms with van der Waals surface area (Å²) in [6.07, 6.45) is 0.909. The van der Waals surface area contributed by atoms with Crippen molar-refractivity contribution in [2.45, 2.75) is 19.4 Å². The number of fused-ring (bicyclic) bond motifs is 1. The van der Waals surface area contributed by atoms with Gasteiger partial charge >= 0.3 is 6.03 Å². The number of hydrogen-bond donors (Lipinski definition) is 1. The molecule has 0 saturated heterocycles. The molecule has 6 heteroatoms. The summed E-state index contributed by atoms with van der Waals surface area (Å²) in [6, 6.07) is 7.16. The molecule has 3 nitrogen and oxygen atoms in total. The number of carbonyl (C=O) groups excluding carboxylic acids is 1. The number of rotatable bonds is 1. The molecule has 110 valence electrons. The molecule has 21 heavy (non-hydrogen) atoms. The molecular formula is C15H14Cl2N2OS. The van der Waals surface area contributed by atoms with E-state index in [0.717, 1.165) is 13.0 Å². The number of nitrogens with one attached hydrogen (secondary N) is 1. The molecule has 0 fully saturated rings. The quantitative estimate of drug-likeness (QED) is 0.759. The third-order valence-corrected chi connectivity index (χ3v) is 5.44. The lowest BCUT2D eigenvalue weighted by Crippen LogP contribution is -2.40. The average Bonchev–Trinajstić information content (AvgIpc) is 2.92. The zero-order chi connectivity index (χ0) is 15.0. The van der Waals surface area contributed by atoms with Gasteiger partial charge in [0.15, 0.2) is 0 Å². The van der Waals surface area contributed by atoms with Crippen LogP contribution >= 0.6 is 34.5 Å². The van der Waals surface area contributed by atoms with Crippen molar-refractivity contribution in [3.8, 4) is 0 Å². The number of nitrogens with zero attached hydrogens (tertiary/aromatic N) is 1. The fourth-order valence-corrected chi connectivity index (χ4v) is 3.82. The highest BCUT2D eigenvalue weighted by molar-refractivity contribution is 7.10. The van der Waals surface area contributed by atoms with E-state index in [1.807, 2.05) is 4.90 Å². The minimum absolute atomic E-state index is 0.0859. The Morgan fingerprint density at radius 1 is 1.33 bits per heavy atom. The van der Waals surface area contributed by atoms with Crippen molar-refractivity contribution in [1.82, 2.24) is 4.90 Å². The molecule has 0 unspecified atom stereocenters. The molecule has 1 aliphatic heterocycles. The number of halogens is 2. The normalized spacial score (nSPS) is 17.5. The van der Waals surface area contributed by atoms with E-state index in [2.05, 4.69) is 23.7 Å². The molecule has 1 atom stereocenters. The molecule has 0 bridgehead atoms. The Labute approximate surface area is 137 Å². The van der Waals surface area contributed by atoms with Crippen LogP contribution in [0, 0.1) is 0 Å². The molecular weight excluding hydrogens is 327 g/mol. The number of hydrogen-bond acceptors (Lipinski definition) is 2. The third-order valence-electron chi connectivity index (χ3n) is 3.71. The molecule has 2 heterocycles. The number of urea groups is 1. The van der Waals surface area contributed by atoms with Gasteiger partial charge in [0.1, 0.15) is 0 Å². The van der Waals surface area contributed by atoms with E-state index in [4.69, 9.17) is 23.2 Å². The van der Waals surface area contributed by atoms with E-state index >= 15 is 0 Å². The van der Waals surface area contributed by atoms with Crippen LogP contribution in [0.4, 0.5) is 10.5 Å². The lowest BCUT2D eigenvalue weighted by Gasteiger charge is -2.33. The fourth-order valence-electron chi connectivity index (χ4n) is 2.56. The maximum Gasteiger partial charge on any atom is 0.322 e. The van der Waals surface area contributed by atoms with E-state index < -0.39 is 0 Å².